The maximum absolute atomic E-state index is 13.0. The van der Waals surface area contributed by atoms with Gasteiger partial charge in [-0.05, 0) is 50.3 Å². The van der Waals surface area contributed by atoms with Crippen molar-refractivity contribution in [1.29, 1.82) is 0 Å². The average molecular weight is 573 g/mol. The molecule has 0 fully saturated rings. The lowest BCUT2D eigenvalue weighted by Gasteiger charge is -2.37. The molecule has 1 unspecified atom stereocenters. The third-order valence-electron chi connectivity index (χ3n) is 7.59. The molecule has 8 heteroatoms. The molecule has 0 saturated carbocycles. The van der Waals surface area contributed by atoms with Crippen molar-refractivity contribution in [2.45, 2.75) is 124 Å². The zero-order chi connectivity index (χ0) is 30.5. The molecule has 1 heterocycles. The van der Waals surface area contributed by atoms with Gasteiger partial charge < -0.3 is 19.6 Å². The first kappa shape index (κ1) is 35.9. The quantitative estimate of drug-likeness (QED) is 0.133. The molecule has 41 heavy (non-hydrogen) atoms. The van der Waals surface area contributed by atoms with Crippen molar-refractivity contribution in [3.63, 3.8) is 0 Å². The maximum Gasteiger partial charge on any atom is 0.418 e. The van der Waals surface area contributed by atoms with Gasteiger partial charge in [0.05, 0.1) is 12.6 Å². The Bertz CT molecular complexity index is 961. The minimum absolute atomic E-state index is 0.0251. The summed E-state index contributed by atoms with van der Waals surface area (Å²) in [6.45, 7) is 10.2. The van der Waals surface area contributed by atoms with Gasteiger partial charge in [-0.15, -0.1) is 0 Å². The lowest BCUT2D eigenvalue weighted by molar-refractivity contribution is -0.128. The number of rotatable bonds is 19. The summed E-state index contributed by atoms with van der Waals surface area (Å²) in [4.78, 5) is 46.1. The Kier molecular flexibility index (Phi) is 18.9. The zero-order valence-electron chi connectivity index (χ0n) is 25.8. The SMILES string of the molecule is C=O.CCCCCCCCCCCCCCCc1cccc(C)c1C1C(COC=O)=C(C)NC(=O)N1C(=O)OCC. The molecule has 0 saturated heterocycles. The molecule has 1 aromatic rings. The fourth-order valence-electron chi connectivity index (χ4n) is 5.46. The molecule has 8 nitrogen and oxygen atoms in total. The summed E-state index contributed by atoms with van der Waals surface area (Å²) < 4.78 is 10.4. The number of imide groups is 1. The highest BCUT2D eigenvalue weighted by Crippen LogP contribution is 2.38. The average Bonchev–Trinajstić information content (AvgIpc) is 2.96. The molecule has 0 aliphatic carbocycles. The van der Waals surface area contributed by atoms with E-state index in [1.54, 1.807) is 13.8 Å². The number of hydrogen-bond donors (Lipinski definition) is 1. The van der Waals surface area contributed by atoms with Gasteiger partial charge >= 0.3 is 12.1 Å². The molecule has 230 valence electrons. The molecule has 2 rings (SSSR count). The van der Waals surface area contributed by atoms with Crippen LogP contribution in [-0.2, 0) is 25.5 Å². The number of carbonyl (C=O) groups is 4. The first-order valence-electron chi connectivity index (χ1n) is 15.3. The van der Waals surface area contributed by atoms with E-state index in [-0.39, 0.29) is 13.2 Å². The van der Waals surface area contributed by atoms with Crippen LogP contribution in [0, 0.1) is 6.92 Å². The second kappa shape index (κ2) is 21.6. The Morgan fingerprint density at radius 1 is 0.927 bits per heavy atom. The van der Waals surface area contributed by atoms with Crippen molar-refractivity contribution in [3.05, 3.63) is 46.2 Å². The number of urea groups is 1. The number of carbonyl (C=O) groups excluding carboxylic acids is 4. The number of nitrogens with one attached hydrogen (secondary N) is 1. The zero-order valence-corrected chi connectivity index (χ0v) is 25.8. The molecule has 1 aromatic carbocycles. The van der Waals surface area contributed by atoms with Crippen molar-refractivity contribution < 1.29 is 28.7 Å². The van der Waals surface area contributed by atoms with Gasteiger partial charge in [0, 0.05) is 11.3 Å². The van der Waals surface area contributed by atoms with Crippen molar-refractivity contribution in [2.75, 3.05) is 13.2 Å². The predicted octanol–water partition coefficient (Wildman–Crippen LogP) is 8.11. The van der Waals surface area contributed by atoms with Crippen LogP contribution in [0.1, 0.15) is 127 Å². The third-order valence-corrected chi connectivity index (χ3v) is 7.59. The van der Waals surface area contributed by atoms with Gasteiger partial charge in [0.15, 0.2) is 0 Å². The number of hydrogen-bond acceptors (Lipinski definition) is 6. The molecule has 1 aliphatic rings. The normalized spacial score (nSPS) is 14.7. The van der Waals surface area contributed by atoms with Gasteiger partial charge in [0.25, 0.3) is 6.47 Å². The highest BCUT2D eigenvalue weighted by atomic mass is 16.6. The van der Waals surface area contributed by atoms with Crippen LogP contribution in [0.2, 0.25) is 0 Å². The monoisotopic (exact) mass is 572 g/mol. The number of ether oxygens (including phenoxy) is 2. The number of aryl methyl sites for hydroxylation is 2. The minimum Gasteiger partial charge on any atom is -0.463 e. The fraction of sp³-hybridized carbons (Fsp3) is 0.636. The van der Waals surface area contributed by atoms with Crippen molar-refractivity contribution in [1.82, 2.24) is 10.2 Å². The summed E-state index contributed by atoms with van der Waals surface area (Å²) >= 11 is 0. The van der Waals surface area contributed by atoms with E-state index in [4.69, 9.17) is 14.3 Å². The van der Waals surface area contributed by atoms with Gasteiger partial charge in [-0.2, -0.15) is 0 Å². The summed E-state index contributed by atoms with van der Waals surface area (Å²) in [6.07, 6.45) is 17.0. The summed E-state index contributed by atoms with van der Waals surface area (Å²) in [5, 5.41) is 2.73. The maximum atomic E-state index is 13.0. The third kappa shape index (κ3) is 12.1. The Morgan fingerprint density at radius 2 is 1.49 bits per heavy atom. The molecular formula is C33H52N2O6. The highest BCUT2D eigenvalue weighted by Gasteiger charge is 2.41. The van der Waals surface area contributed by atoms with E-state index in [2.05, 4.69) is 18.3 Å². The Morgan fingerprint density at radius 3 is 2.02 bits per heavy atom. The first-order valence-corrected chi connectivity index (χ1v) is 15.3. The molecule has 3 amide bonds. The standard InChI is InChI=1S/C32H50N2O5.CH2O/c1-5-7-8-9-10-11-12-13-14-15-16-17-18-21-27-22-19-20-25(3)29(27)30-28(23-38-24-35)26(4)33-31(36)34(30)32(37)39-6-2;1-2/h19-20,22,24,30H,5-18,21,23H2,1-4H3,(H,33,36);1H2. The second-order valence-electron chi connectivity index (χ2n) is 10.6. The Hall–Kier alpha value is -3.16. The number of unbranched alkanes of at least 4 members (excludes halogenated alkanes) is 12. The molecule has 1 atom stereocenters. The van der Waals surface area contributed by atoms with Crippen LogP contribution in [0.15, 0.2) is 29.5 Å². The van der Waals surface area contributed by atoms with Gasteiger partial charge in [-0.25, -0.2) is 14.5 Å². The second-order valence-corrected chi connectivity index (χ2v) is 10.6. The van der Waals surface area contributed by atoms with Crippen LogP contribution in [0.4, 0.5) is 9.59 Å². The topological polar surface area (TPSA) is 102 Å². The molecule has 0 bridgehead atoms. The molecule has 0 spiro atoms. The highest BCUT2D eigenvalue weighted by molar-refractivity contribution is 5.94. The first-order chi connectivity index (χ1) is 20.0. The predicted molar refractivity (Wildman–Crippen MR) is 163 cm³/mol. The van der Waals surface area contributed by atoms with E-state index < -0.39 is 18.2 Å². The summed E-state index contributed by atoms with van der Waals surface area (Å²) in [5.74, 6) is 0. The lowest BCUT2D eigenvalue weighted by atomic mass is 9.86. The molecule has 0 radical (unpaired) electrons. The van der Waals surface area contributed by atoms with E-state index in [0.29, 0.717) is 17.7 Å². The van der Waals surface area contributed by atoms with Crippen LogP contribution in [-0.4, -0.2) is 43.5 Å². The Balaban J connectivity index is 0.00000411. The number of benzene rings is 1. The lowest BCUT2D eigenvalue weighted by Crippen LogP contribution is -2.51. The van der Waals surface area contributed by atoms with Gasteiger partial charge in [-0.3, -0.25) is 4.79 Å². The van der Waals surface area contributed by atoms with E-state index in [0.717, 1.165) is 40.9 Å². The van der Waals surface area contributed by atoms with E-state index in [9.17, 15) is 14.4 Å². The van der Waals surface area contributed by atoms with Crippen LogP contribution in [0.5, 0.6) is 0 Å². The largest absolute Gasteiger partial charge is 0.463 e. The number of amides is 3. The van der Waals surface area contributed by atoms with E-state index >= 15 is 0 Å². The summed E-state index contributed by atoms with van der Waals surface area (Å²) in [6, 6.07) is 4.85. The van der Waals surface area contributed by atoms with E-state index in [1.807, 2.05) is 25.8 Å². The summed E-state index contributed by atoms with van der Waals surface area (Å²) in [7, 11) is 0. The van der Waals surface area contributed by atoms with Crippen LogP contribution < -0.4 is 5.32 Å². The Labute approximate surface area is 247 Å². The number of allylic oxidation sites excluding steroid dienone is 1. The smallest absolute Gasteiger partial charge is 0.418 e. The van der Waals surface area contributed by atoms with Gasteiger partial charge in [0.1, 0.15) is 13.4 Å². The fourth-order valence-corrected chi connectivity index (χ4v) is 5.46. The van der Waals surface area contributed by atoms with Crippen LogP contribution >= 0.6 is 0 Å². The minimum atomic E-state index is -0.716. The molecule has 1 N–H and O–H groups in total. The van der Waals surface area contributed by atoms with Gasteiger partial charge in [0.2, 0.25) is 0 Å². The van der Waals surface area contributed by atoms with Crippen LogP contribution in [0.3, 0.4) is 0 Å². The molecule has 0 aromatic heterocycles. The number of nitrogens with zero attached hydrogens (tertiary/aromatic N) is 1. The van der Waals surface area contributed by atoms with Crippen LogP contribution in [0.25, 0.3) is 0 Å². The van der Waals surface area contributed by atoms with Crippen molar-refractivity contribution in [2.24, 2.45) is 0 Å². The molecule has 1 aliphatic heterocycles. The van der Waals surface area contributed by atoms with E-state index in [1.165, 1.54) is 70.6 Å². The van der Waals surface area contributed by atoms with Crippen molar-refractivity contribution in [3.8, 4) is 0 Å². The molecular weight excluding hydrogens is 520 g/mol. The van der Waals surface area contributed by atoms with Gasteiger partial charge in [-0.1, -0.05) is 102 Å². The summed E-state index contributed by atoms with van der Waals surface area (Å²) in [5.41, 5.74) is 4.23. The van der Waals surface area contributed by atoms with Crippen molar-refractivity contribution >= 4 is 25.4 Å².